The fourth-order valence-electron chi connectivity index (χ4n) is 1.58. The molecule has 0 spiro atoms. The van der Waals surface area contributed by atoms with E-state index in [0.717, 1.165) is 5.56 Å². The third kappa shape index (κ3) is 2.55. The van der Waals surface area contributed by atoms with Gasteiger partial charge in [0.1, 0.15) is 0 Å². The summed E-state index contributed by atoms with van der Waals surface area (Å²) in [4.78, 5) is 10.1. The minimum atomic E-state index is -0.602. The summed E-state index contributed by atoms with van der Waals surface area (Å²) in [5.74, 6) is -0.310. The summed E-state index contributed by atoms with van der Waals surface area (Å²) < 4.78 is 0. The average Bonchev–Trinajstić information content (AvgIpc) is 2.38. The molecule has 0 unspecified atom stereocenters. The Balaban J connectivity index is 2.33. The molecule has 0 aromatic heterocycles. The second-order valence-electron chi connectivity index (χ2n) is 3.72. The molecule has 0 atom stereocenters. The highest BCUT2D eigenvalue weighted by Crippen LogP contribution is 2.30. The number of nitro benzene ring substituents is 1. The van der Waals surface area contributed by atoms with Gasteiger partial charge >= 0.3 is 5.69 Å². The minimum Gasteiger partial charge on any atom is -0.502 e. The van der Waals surface area contributed by atoms with Crippen LogP contribution in [0.3, 0.4) is 0 Å². The van der Waals surface area contributed by atoms with E-state index >= 15 is 0 Å². The van der Waals surface area contributed by atoms with E-state index < -0.39 is 4.92 Å². The van der Waals surface area contributed by atoms with Crippen LogP contribution >= 0.6 is 0 Å². The summed E-state index contributed by atoms with van der Waals surface area (Å²) in [7, 11) is 0. The van der Waals surface area contributed by atoms with E-state index in [1.54, 1.807) is 24.3 Å². The molecule has 0 bridgehead atoms. The molecule has 2 aromatic rings. The maximum absolute atomic E-state index is 10.7. The van der Waals surface area contributed by atoms with Crippen LogP contribution in [0.25, 0.3) is 12.2 Å². The van der Waals surface area contributed by atoms with E-state index in [2.05, 4.69) is 0 Å². The van der Waals surface area contributed by atoms with E-state index in [1.807, 2.05) is 30.3 Å². The van der Waals surface area contributed by atoms with E-state index in [1.165, 1.54) is 6.07 Å². The Morgan fingerprint density at radius 3 is 2.39 bits per heavy atom. The van der Waals surface area contributed by atoms with Crippen LogP contribution in [0.2, 0.25) is 0 Å². The topological polar surface area (TPSA) is 63.4 Å². The van der Waals surface area contributed by atoms with Gasteiger partial charge < -0.3 is 5.11 Å². The van der Waals surface area contributed by atoms with Crippen molar-refractivity contribution in [2.45, 2.75) is 0 Å². The van der Waals surface area contributed by atoms with Crippen LogP contribution in [0.5, 0.6) is 5.75 Å². The van der Waals surface area contributed by atoms with Gasteiger partial charge in [-0.3, -0.25) is 10.1 Å². The van der Waals surface area contributed by atoms with Crippen LogP contribution in [0.1, 0.15) is 11.1 Å². The van der Waals surface area contributed by atoms with E-state index in [4.69, 9.17) is 0 Å². The van der Waals surface area contributed by atoms with Gasteiger partial charge in [-0.1, -0.05) is 54.6 Å². The SMILES string of the molecule is O=[N+]([O-])c1cccc(/C=C/c2ccccc2)c1O. The Labute approximate surface area is 104 Å². The first kappa shape index (κ1) is 11.9. The molecule has 0 aliphatic rings. The summed E-state index contributed by atoms with van der Waals surface area (Å²) in [6.07, 6.45) is 3.44. The smallest absolute Gasteiger partial charge is 0.311 e. The van der Waals surface area contributed by atoms with Gasteiger partial charge in [-0.05, 0) is 5.56 Å². The van der Waals surface area contributed by atoms with Gasteiger partial charge in [0.05, 0.1) is 4.92 Å². The quantitative estimate of drug-likeness (QED) is 0.508. The summed E-state index contributed by atoms with van der Waals surface area (Å²) in [6.45, 7) is 0. The lowest BCUT2D eigenvalue weighted by atomic mass is 10.1. The first-order valence-electron chi connectivity index (χ1n) is 5.38. The maximum atomic E-state index is 10.7. The predicted molar refractivity (Wildman–Crippen MR) is 70.1 cm³/mol. The maximum Gasteiger partial charge on any atom is 0.311 e. The number of phenols is 1. The summed E-state index contributed by atoms with van der Waals surface area (Å²) in [6, 6.07) is 14.0. The fraction of sp³-hybridized carbons (Fsp3) is 0. The Bertz CT molecular complexity index is 591. The molecule has 2 aromatic carbocycles. The highest BCUT2D eigenvalue weighted by atomic mass is 16.6. The summed E-state index contributed by atoms with van der Waals surface area (Å²) >= 11 is 0. The first-order valence-corrected chi connectivity index (χ1v) is 5.38. The lowest BCUT2D eigenvalue weighted by Crippen LogP contribution is -1.89. The third-order valence-electron chi connectivity index (χ3n) is 2.50. The van der Waals surface area contributed by atoms with E-state index in [0.29, 0.717) is 5.56 Å². The predicted octanol–water partition coefficient (Wildman–Crippen LogP) is 3.47. The zero-order valence-corrected chi connectivity index (χ0v) is 9.48. The van der Waals surface area contributed by atoms with Crippen molar-refractivity contribution < 1.29 is 10.0 Å². The van der Waals surface area contributed by atoms with Crippen molar-refractivity contribution in [3.63, 3.8) is 0 Å². The number of para-hydroxylation sites is 1. The number of nitro groups is 1. The monoisotopic (exact) mass is 241 g/mol. The number of phenolic OH excluding ortho intramolecular Hbond substituents is 1. The number of hydrogen-bond acceptors (Lipinski definition) is 3. The lowest BCUT2D eigenvalue weighted by Gasteiger charge is -1.99. The highest BCUT2D eigenvalue weighted by molar-refractivity contribution is 5.74. The number of hydrogen-bond donors (Lipinski definition) is 1. The normalized spacial score (nSPS) is 10.7. The molecule has 0 radical (unpaired) electrons. The number of nitrogens with zero attached hydrogens (tertiary/aromatic N) is 1. The molecule has 0 fully saturated rings. The molecule has 0 saturated heterocycles. The van der Waals surface area contributed by atoms with Gasteiger partial charge in [-0.25, -0.2) is 0 Å². The molecule has 1 N–H and O–H groups in total. The van der Waals surface area contributed by atoms with Gasteiger partial charge in [0.2, 0.25) is 5.75 Å². The number of benzene rings is 2. The van der Waals surface area contributed by atoms with Crippen LogP contribution in [0.4, 0.5) is 5.69 Å². The zero-order chi connectivity index (χ0) is 13.0. The van der Waals surface area contributed by atoms with Crippen molar-refractivity contribution >= 4 is 17.8 Å². The Morgan fingerprint density at radius 1 is 1.00 bits per heavy atom. The molecular weight excluding hydrogens is 230 g/mol. The minimum absolute atomic E-state index is 0.287. The largest absolute Gasteiger partial charge is 0.502 e. The molecule has 4 nitrogen and oxygen atoms in total. The van der Waals surface area contributed by atoms with E-state index in [9.17, 15) is 15.2 Å². The average molecular weight is 241 g/mol. The van der Waals surface area contributed by atoms with Crippen molar-refractivity contribution in [3.05, 3.63) is 69.8 Å². The van der Waals surface area contributed by atoms with Crippen molar-refractivity contribution in [2.24, 2.45) is 0 Å². The molecule has 4 heteroatoms. The fourth-order valence-corrected chi connectivity index (χ4v) is 1.58. The van der Waals surface area contributed by atoms with Gasteiger partial charge in [0.25, 0.3) is 0 Å². The molecule has 0 amide bonds. The third-order valence-corrected chi connectivity index (χ3v) is 2.50. The first-order chi connectivity index (χ1) is 8.68. The molecule has 90 valence electrons. The molecule has 2 rings (SSSR count). The molecule has 18 heavy (non-hydrogen) atoms. The second kappa shape index (κ2) is 5.14. The van der Waals surface area contributed by atoms with Crippen LogP contribution in [0, 0.1) is 10.1 Å². The van der Waals surface area contributed by atoms with Crippen LogP contribution in [0.15, 0.2) is 48.5 Å². The molecular formula is C14H11NO3. The molecule has 0 saturated carbocycles. The van der Waals surface area contributed by atoms with Gasteiger partial charge in [-0.15, -0.1) is 0 Å². The highest BCUT2D eigenvalue weighted by Gasteiger charge is 2.14. The van der Waals surface area contributed by atoms with E-state index in [-0.39, 0.29) is 11.4 Å². The molecule has 0 heterocycles. The van der Waals surface area contributed by atoms with Crippen molar-refractivity contribution in [1.82, 2.24) is 0 Å². The van der Waals surface area contributed by atoms with Crippen LogP contribution in [-0.2, 0) is 0 Å². The van der Waals surface area contributed by atoms with Crippen molar-refractivity contribution in [1.29, 1.82) is 0 Å². The molecule has 0 aliphatic carbocycles. The zero-order valence-electron chi connectivity index (χ0n) is 9.48. The Hall–Kier alpha value is -2.62. The standard InChI is InChI=1S/C14H11NO3/c16-14-12(7-4-8-13(14)15(17)18)10-9-11-5-2-1-3-6-11/h1-10,16H/b10-9+. The van der Waals surface area contributed by atoms with Crippen LogP contribution < -0.4 is 0 Å². The van der Waals surface area contributed by atoms with Gasteiger partial charge in [-0.2, -0.15) is 0 Å². The Kier molecular flexibility index (Phi) is 3.38. The second-order valence-corrected chi connectivity index (χ2v) is 3.72. The Morgan fingerprint density at radius 2 is 1.72 bits per heavy atom. The van der Waals surface area contributed by atoms with Crippen LogP contribution in [-0.4, -0.2) is 10.0 Å². The number of aromatic hydroxyl groups is 1. The number of rotatable bonds is 3. The summed E-state index contributed by atoms with van der Waals surface area (Å²) in [5.41, 5.74) is 1.10. The van der Waals surface area contributed by atoms with Gasteiger partial charge in [0.15, 0.2) is 0 Å². The van der Waals surface area contributed by atoms with Gasteiger partial charge in [0, 0.05) is 11.6 Å². The summed E-state index contributed by atoms with van der Waals surface area (Å²) in [5, 5.41) is 20.4. The van der Waals surface area contributed by atoms with Crippen molar-refractivity contribution in [3.8, 4) is 5.75 Å². The molecule has 0 aliphatic heterocycles. The lowest BCUT2D eigenvalue weighted by molar-refractivity contribution is -0.385. The van der Waals surface area contributed by atoms with Crippen molar-refractivity contribution in [2.75, 3.05) is 0 Å².